The Morgan fingerprint density at radius 1 is 0.639 bits per heavy atom. The number of halogens is 2. The highest BCUT2D eigenvalue weighted by Crippen LogP contribution is 2.43. The van der Waals surface area contributed by atoms with Crippen molar-refractivity contribution in [1.82, 2.24) is 0 Å². The van der Waals surface area contributed by atoms with Crippen LogP contribution in [0.15, 0.2) is 75.7 Å². The number of methoxy groups -OCH3 is 1. The summed E-state index contributed by atoms with van der Waals surface area (Å²) in [4.78, 5) is 44.6. The molecule has 3 atom stereocenters. The molecule has 0 aliphatic carbocycles. The van der Waals surface area contributed by atoms with Gasteiger partial charge in [-0.3, -0.25) is 14.2 Å². The molecule has 0 amide bonds. The number of ether oxygens (including phenoxy) is 4. The molecule has 0 aromatic heterocycles. The molecule has 4 aromatic carbocycles. The third-order valence-corrected chi connectivity index (χ3v) is 13.1. The van der Waals surface area contributed by atoms with Crippen LogP contribution in [0.3, 0.4) is 0 Å². The number of esters is 2. The number of fused-ring (bicyclic) bond motifs is 2. The minimum atomic E-state index is -4.99. The summed E-state index contributed by atoms with van der Waals surface area (Å²) in [6.45, 7) is -1.86. The first-order chi connectivity index (χ1) is 29.4. The SMILES string of the molecule is COc1c(Br)cc(CCCCCCCCCC(=O)O[C@H](COC(=O)CCCCCCCCCc2ccc3cc4ccccc4cc3c2)COC(C(O)CO)P(=O)(O)O)cc1Br. The van der Waals surface area contributed by atoms with Gasteiger partial charge in [-0.2, -0.15) is 0 Å². The van der Waals surface area contributed by atoms with E-state index in [0.717, 1.165) is 105 Å². The Morgan fingerprint density at radius 3 is 1.70 bits per heavy atom. The van der Waals surface area contributed by atoms with Crippen LogP contribution in [-0.2, 0) is 41.2 Å². The smallest absolute Gasteiger partial charge is 0.356 e. The molecule has 0 saturated heterocycles. The Labute approximate surface area is 377 Å². The molecule has 4 rings (SSSR count). The maximum absolute atomic E-state index is 12.7. The zero-order chi connectivity index (χ0) is 44.0. The molecule has 0 saturated carbocycles. The molecule has 0 heterocycles. The van der Waals surface area contributed by atoms with Crippen molar-refractivity contribution in [2.45, 2.75) is 134 Å². The molecule has 4 aromatic rings. The Kier molecular flexibility index (Phi) is 22.8. The lowest BCUT2D eigenvalue weighted by atomic mass is 9.99. The summed E-state index contributed by atoms with van der Waals surface area (Å²) < 4.78 is 35.3. The Morgan fingerprint density at radius 2 is 1.15 bits per heavy atom. The van der Waals surface area contributed by atoms with Gasteiger partial charge in [0, 0.05) is 12.8 Å². The van der Waals surface area contributed by atoms with Crippen LogP contribution in [0.1, 0.15) is 114 Å². The van der Waals surface area contributed by atoms with Crippen molar-refractivity contribution in [1.29, 1.82) is 0 Å². The van der Waals surface area contributed by atoms with Crippen molar-refractivity contribution < 1.29 is 53.1 Å². The van der Waals surface area contributed by atoms with Gasteiger partial charge in [0.1, 0.15) is 18.5 Å². The predicted octanol–water partition coefficient (Wildman–Crippen LogP) is 10.9. The first-order valence-electron chi connectivity index (χ1n) is 21.6. The van der Waals surface area contributed by atoms with E-state index in [9.17, 15) is 34.2 Å². The summed E-state index contributed by atoms with van der Waals surface area (Å²) in [5.74, 6) is -2.28. The predicted molar refractivity (Wildman–Crippen MR) is 247 cm³/mol. The highest BCUT2D eigenvalue weighted by Gasteiger charge is 2.37. The number of unbranched alkanes of at least 4 members (excludes halogenated alkanes) is 12. The van der Waals surface area contributed by atoms with E-state index >= 15 is 0 Å². The molecular weight excluding hydrogens is 931 g/mol. The van der Waals surface area contributed by atoms with E-state index in [4.69, 9.17) is 18.9 Å². The lowest BCUT2D eigenvalue weighted by Crippen LogP contribution is -2.37. The summed E-state index contributed by atoms with van der Waals surface area (Å²) in [7, 11) is -3.35. The van der Waals surface area contributed by atoms with Crippen LogP contribution in [0.4, 0.5) is 0 Å². The number of aliphatic hydroxyl groups excluding tert-OH is 2. The van der Waals surface area contributed by atoms with E-state index in [2.05, 4.69) is 98.6 Å². The van der Waals surface area contributed by atoms with Crippen molar-refractivity contribution in [2.75, 3.05) is 26.9 Å². The molecular formula is C47H63Br2O11P. The Hall–Kier alpha value is -2.87. The van der Waals surface area contributed by atoms with E-state index < -0.39 is 50.8 Å². The van der Waals surface area contributed by atoms with Gasteiger partial charge in [-0.1, -0.05) is 107 Å². The number of benzene rings is 4. The lowest BCUT2D eigenvalue weighted by Gasteiger charge is -2.25. The fourth-order valence-electron chi connectivity index (χ4n) is 7.41. The van der Waals surface area contributed by atoms with Crippen molar-refractivity contribution >= 4 is 72.9 Å². The van der Waals surface area contributed by atoms with E-state index in [0.29, 0.717) is 12.8 Å². The number of rotatable bonds is 30. The third kappa shape index (κ3) is 18.4. The van der Waals surface area contributed by atoms with E-state index in [1.165, 1.54) is 32.7 Å². The third-order valence-electron chi connectivity index (χ3n) is 10.8. The van der Waals surface area contributed by atoms with Crippen LogP contribution in [0.5, 0.6) is 5.75 Å². The zero-order valence-corrected chi connectivity index (χ0v) is 39.3. The standard InChI is InChI=1S/C47H63Br2O11P/c1-57-46-41(48)27-35(28-42(46)49)19-13-9-5-3-7-11-15-23-45(53)60-40(33-59-47(43(51)31-50)61(54,55)56)32-58-44(52)22-14-10-6-2-4-8-12-18-34-24-25-38-29-36-20-16-17-21-37(36)30-39(38)26-34/h16-17,20-21,24-30,40,43,47,50-51H,2-15,18-19,22-23,31-33H2,1H3,(H2,54,55,56)/t40-,43?,47?/m1/s1. The molecule has 0 bridgehead atoms. The van der Waals surface area contributed by atoms with Crippen LogP contribution in [0.25, 0.3) is 21.5 Å². The molecule has 0 fully saturated rings. The molecule has 4 N–H and O–H groups in total. The summed E-state index contributed by atoms with van der Waals surface area (Å²) in [5.41, 5.74) is 2.58. The van der Waals surface area contributed by atoms with Crippen LogP contribution in [0.2, 0.25) is 0 Å². The Bertz CT molecular complexity index is 1980. The molecule has 0 aliphatic rings. The quantitative estimate of drug-likeness (QED) is 0.0170. The number of aliphatic hydroxyl groups is 2. The number of hydrogen-bond donors (Lipinski definition) is 4. The first kappa shape index (κ1) is 50.8. The van der Waals surface area contributed by atoms with Gasteiger partial charge in [0.15, 0.2) is 11.9 Å². The number of aryl methyl sites for hydroxylation is 2. The highest BCUT2D eigenvalue weighted by atomic mass is 79.9. The van der Waals surface area contributed by atoms with Crippen LogP contribution >= 0.6 is 39.5 Å². The van der Waals surface area contributed by atoms with Crippen LogP contribution in [-0.4, -0.2) is 76.9 Å². The molecule has 0 spiro atoms. The van der Waals surface area contributed by atoms with Crippen LogP contribution < -0.4 is 4.74 Å². The molecule has 336 valence electrons. The van der Waals surface area contributed by atoms with Gasteiger partial charge in [-0.25, -0.2) is 0 Å². The van der Waals surface area contributed by atoms with E-state index in [1.54, 1.807) is 7.11 Å². The van der Waals surface area contributed by atoms with Gasteiger partial charge in [0.2, 0.25) is 0 Å². The zero-order valence-electron chi connectivity index (χ0n) is 35.3. The van der Waals surface area contributed by atoms with Gasteiger partial charge < -0.3 is 38.9 Å². The molecule has 14 heteroatoms. The average Bonchev–Trinajstić information content (AvgIpc) is 3.22. The monoisotopic (exact) mass is 992 g/mol. The van der Waals surface area contributed by atoms with Gasteiger partial charge in [-0.15, -0.1) is 0 Å². The van der Waals surface area contributed by atoms with Crippen molar-refractivity contribution in [3.05, 3.63) is 86.8 Å². The van der Waals surface area contributed by atoms with Crippen molar-refractivity contribution in [3.63, 3.8) is 0 Å². The maximum atomic E-state index is 12.7. The largest absolute Gasteiger partial charge is 0.494 e. The molecule has 0 aliphatic heterocycles. The molecule has 0 radical (unpaired) electrons. The fourth-order valence-corrected chi connectivity index (χ4v) is 9.84. The molecule has 11 nitrogen and oxygen atoms in total. The average molecular weight is 995 g/mol. The number of carbonyl (C=O) groups is 2. The lowest BCUT2D eigenvalue weighted by molar-refractivity contribution is -0.164. The second kappa shape index (κ2) is 27.3. The minimum Gasteiger partial charge on any atom is -0.494 e. The number of carbonyl (C=O) groups excluding carboxylic acids is 2. The normalized spacial score (nSPS) is 13.3. The van der Waals surface area contributed by atoms with Crippen molar-refractivity contribution in [3.8, 4) is 5.75 Å². The summed E-state index contributed by atoms with van der Waals surface area (Å²) in [6.07, 6.45) is 13.0. The highest BCUT2D eigenvalue weighted by molar-refractivity contribution is 9.11. The fraction of sp³-hybridized carbons (Fsp3) is 0.532. The van der Waals surface area contributed by atoms with Gasteiger partial charge >= 0.3 is 19.5 Å². The second-order valence-electron chi connectivity index (χ2n) is 15.8. The van der Waals surface area contributed by atoms with Gasteiger partial charge in [0.05, 0.1) is 29.3 Å². The summed E-state index contributed by atoms with van der Waals surface area (Å²) in [5, 5.41) is 24.2. The van der Waals surface area contributed by atoms with Crippen LogP contribution in [0, 0.1) is 0 Å². The van der Waals surface area contributed by atoms with Gasteiger partial charge in [-0.05, 0) is 127 Å². The molecule has 2 unspecified atom stereocenters. The molecule has 61 heavy (non-hydrogen) atoms. The van der Waals surface area contributed by atoms with E-state index in [1.807, 2.05) is 0 Å². The second-order valence-corrected chi connectivity index (χ2v) is 19.2. The maximum Gasteiger partial charge on any atom is 0.356 e. The summed E-state index contributed by atoms with van der Waals surface area (Å²) in [6, 6.07) is 23.9. The van der Waals surface area contributed by atoms with Gasteiger partial charge in [0.25, 0.3) is 0 Å². The number of hydrogen-bond acceptors (Lipinski definition) is 9. The summed E-state index contributed by atoms with van der Waals surface area (Å²) >= 11 is 7.10. The topological polar surface area (TPSA) is 169 Å². The minimum absolute atomic E-state index is 0.119. The van der Waals surface area contributed by atoms with Crippen molar-refractivity contribution in [2.24, 2.45) is 0 Å². The Balaban J connectivity index is 1.08. The first-order valence-corrected chi connectivity index (χ1v) is 24.9. The van der Waals surface area contributed by atoms with E-state index in [-0.39, 0.29) is 19.4 Å².